The van der Waals surface area contributed by atoms with Crippen LogP contribution in [-0.2, 0) is 42.8 Å². The third-order valence-electron chi connectivity index (χ3n) is 13.6. The number of hydrogen-bond acceptors (Lipinski definition) is 16. The van der Waals surface area contributed by atoms with E-state index in [9.17, 15) is 33.5 Å². The van der Waals surface area contributed by atoms with Gasteiger partial charge in [-0.15, -0.1) is 5.53 Å². The van der Waals surface area contributed by atoms with Gasteiger partial charge in [0.25, 0.3) is 0 Å². The molecule has 0 aliphatic carbocycles. The molecule has 6 rings (SSSR count). The van der Waals surface area contributed by atoms with Crippen molar-refractivity contribution in [2.45, 2.75) is 141 Å². The van der Waals surface area contributed by atoms with Crippen molar-refractivity contribution in [1.29, 1.82) is 0 Å². The molecule has 0 radical (unpaired) electrons. The largest absolute Gasteiger partial charge is 0.458 e. The van der Waals surface area contributed by atoms with Crippen LogP contribution in [0.15, 0.2) is 36.2 Å². The number of rotatable bonds is 11. The summed E-state index contributed by atoms with van der Waals surface area (Å²) in [6.07, 6.45) is -3.37. The summed E-state index contributed by atoms with van der Waals surface area (Å²) >= 11 is 0. The molecule has 4 fully saturated rings. The smallest absolute Gasteiger partial charge is 0.414 e. The molecule has 1 aromatic rings. The molecule has 0 spiro atoms. The van der Waals surface area contributed by atoms with Crippen molar-refractivity contribution in [2.75, 3.05) is 38.7 Å². The van der Waals surface area contributed by atoms with Crippen LogP contribution in [0, 0.1) is 29.5 Å². The van der Waals surface area contributed by atoms with Crippen LogP contribution in [0.25, 0.3) is 0 Å². The van der Waals surface area contributed by atoms with E-state index in [1.807, 2.05) is 25.1 Å². The average molecular weight is 889 g/mol. The number of hydrogen-bond donors (Lipinski definition) is 4. The summed E-state index contributed by atoms with van der Waals surface area (Å²) in [5.74, 6) is -5.64. The molecule has 5 aliphatic heterocycles. The molecule has 1 aromatic carbocycles. The highest BCUT2D eigenvalue weighted by molar-refractivity contribution is 6.00. The highest BCUT2D eigenvalue weighted by Gasteiger charge is 2.57. The van der Waals surface area contributed by atoms with E-state index in [1.165, 1.54) is 37.1 Å². The quantitative estimate of drug-likeness (QED) is 0.142. The molecule has 4 N–H and O–H groups in total. The van der Waals surface area contributed by atoms with Crippen molar-refractivity contribution in [2.24, 2.45) is 23.7 Å². The van der Waals surface area contributed by atoms with Crippen molar-refractivity contribution >= 4 is 35.4 Å². The molecule has 19 heteroatoms. The van der Waals surface area contributed by atoms with Crippen molar-refractivity contribution in [3.63, 3.8) is 0 Å². The van der Waals surface area contributed by atoms with Crippen molar-refractivity contribution in [1.82, 2.24) is 26.2 Å². The number of fused-ring (bicyclic) bond motifs is 1. The Bertz CT molecular complexity index is 1910. The number of aliphatic hydroxyl groups excluding tert-OH is 1. The fourth-order valence-electron chi connectivity index (χ4n) is 9.88. The van der Waals surface area contributed by atoms with Crippen molar-refractivity contribution in [3.05, 3.63) is 42.0 Å². The Morgan fingerprint density at radius 3 is 2.44 bits per heavy atom. The number of amides is 2. The highest BCUT2D eigenvalue weighted by atomic mass is 19.1. The predicted octanol–water partition coefficient (Wildman–Crippen LogP) is 3.57. The zero-order valence-corrected chi connectivity index (χ0v) is 37.9. The summed E-state index contributed by atoms with van der Waals surface area (Å²) < 4.78 is 50.1. The number of ether oxygens (including phenoxy) is 6. The molecule has 2 amide bonds. The van der Waals surface area contributed by atoms with Gasteiger partial charge < -0.3 is 49.2 Å². The Labute approximate surface area is 368 Å². The number of aliphatic hydroxyl groups is 1. The highest BCUT2D eigenvalue weighted by Crippen LogP contribution is 2.40. The second-order valence-corrected chi connectivity index (χ2v) is 18.3. The van der Waals surface area contributed by atoms with Gasteiger partial charge in [-0.05, 0) is 72.2 Å². The number of cyclic esters (lactones) is 2. The van der Waals surface area contributed by atoms with Crippen LogP contribution >= 0.6 is 0 Å². The second kappa shape index (κ2) is 19.4. The summed E-state index contributed by atoms with van der Waals surface area (Å²) in [6.45, 7) is 14.7. The van der Waals surface area contributed by atoms with Crippen molar-refractivity contribution < 1.29 is 61.9 Å². The van der Waals surface area contributed by atoms with Gasteiger partial charge in [-0.25, -0.2) is 14.0 Å². The summed E-state index contributed by atoms with van der Waals surface area (Å²) in [5, 5.41) is 16.5. The molecule has 18 nitrogen and oxygen atoms in total. The number of anilines is 1. The molecule has 14 atom stereocenters. The molecule has 0 bridgehead atoms. The van der Waals surface area contributed by atoms with E-state index in [0.29, 0.717) is 31.6 Å². The first-order valence-corrected chi connectivity index (χ1v) is 21.9. The number of carbonyl (C=O) groups is 5. The minimum atomic E-state index is -1.38. The van der Waals surface area contributed by atoms with Crippen LogP contribution < -0.4 is 21.2 Å². The normalized spacial score (nSPS) is 38.0. The first-order chi connectivity index (χ1) is 29.7. The van der Waals surface area contributed by atoms with E-state index >= 15 is 0 Å². The zero-order chi connectivity index (χ0) is 46.1. The van der Waals surface area contributed by atoms with Gasteiger partial charge in [0.15, 0.2) is 17.7 Å². The van der Waals surface area contributed by atoms with Gasteiger partial charge in [0.2, 0.25) is 0 Å². The Morgan fingerprint density at radius 2 is 1.76 bits per heavy atom. The fourth-order valence-corrected chi connectivity index (χ4v) is 9.88. The van der Waals surface area contributed by atoms with Crippen LogP contribution in [0.5, 0.6) is 0 Å². The zero-order valence-electron chi connectivity index (χ0n) is 37.9. The summed E-state index contributed by atoms with van der Waals surface area (Å²) in [6, 6.07) is 4.53. The first-order valence-electron chi connectivity index (χ1n) is 21.9. The van der Waals surface area contributed by atoms with Gasteiger partial charge in [0, 0.05) is 55.8 Å². The number of ketones is 2. The van der Waals surface area contributed by atoms with E-state index < -0.39 is 107 Å². The average Bonchev–Trinajstić information content (AvgIpc) is 3.95. The van der Waals surface area contributed by atoms with E-state index in [-0.39, 0.29) is 31.3 Å². The number of esters is 1. The maximum Gasteiger partial charge on any atom is 0.414 e. The number of hydrazine groups is 2. The van der Waals surface area contributed by atoms with Crippen LogP contribution in [0.2, 0.25) is 0 Å². The molecule has 5 aliphatic rings. The molecule has 0 unspecified atom stereocenters. The Balaban J connectivity index is 1.15. The molecule has 4 saturated heterocycles. The molecule has 5 heterocycles. The molecule has 0 aromatic heterocycles. The van der Waals surface area contributed by atoms with E-state index in [2.05, 4.69) is 16.3 Å². The molecule has 0 saturated carbocycles. The Hall–Kier alpha value is -4.40. The maximum atomic E-state index is 14.3. The molecular formula is C44H65FN6O12. The van der Waals surface area contributed by atoms with Crippen molar-refractivity contribution in [3.8, 4) is 0 Å². The van der Waals surface area contributed by atoms with Crippen LogP contribution in [-0.4, -0.2) is 139 Å². The lowest BCUT2D eigenvalue weighted by molar-refractivity contribution is -0.296. The maximum absolute atomic E-state index is 14.3. The van der Waals surface area contributed by atoms with Gasteiger partial charge >= 0.3 is 18.2 Å². The topological polar surface area (TPSA) is 207 Å². The minimum absolute atomic E-state index is 0.0898. The Morgan fingerprint density at radius 1 is 1.03 bits per heavy atom. The predicted molar refractivity (Wildman–Crippen MR) is 225 cm³/mol. The van der Waals surface area contributed by atoms with Gasteiger partial charge in [-0.3, -0.25) is 24.3 Å². The lowest BCUT2D eigenvalue weighted by atomic mass is 9.73. The minimum Gasteiger partial charge on any atom is -0.458 e. The number of likely N-dealkylation sites (N-methyl/N-ethyl adjacent to an activating group) is 1. The van der Waals surface area contributed by atoms with E-state index in [1.54, 1.807) is 52.6 Å². The van der Waals surface area contributed by atoms with Crippen LogP contribution in [0.3, 0.4) is 0 Å². The number of alkyl carbamates (subject to hydrolysis) is 1. The van der Waals surface area contributed by atoms with E-state index in [4.69, 9.17) is 28.4 Å². The monoisotopic (exact) mass is 888 g/mol. The van der Waals surface area contributed by atoms with Crippen LogP contribution in [0.4, 0.5) is 19.7 Å². The number of carbonyl (C=O) groups excluding carboxylic acids is 5. The van der Waals surface area contributed by atoms with Gasteiger partial charge in [-0.1, -0.05) is 33.8 Å². The van der Waals surface area contributed by atoms with Crippen LogP contribution in [0.1, 0.15) is 81.1 Å². The SMILES string of the molecule is CC[C@H]1OC(=O)[C@H](C)C(=O)[C@H](C)[C@@H](O[C@@H]2O[C@H](C)C[C@H](N(C)CCC3=CN(C[C@H]4CN(c5cccc(F)c5)C(=O)O4)NN3)[C@H]2O)[C@](C)(OC)C[C@@H](C)C(=O)[C@@H](C)[C@H]2NC(=O)O[C@@]21C. The molecule has 350 valence electrons. The molecule has 63 heavy (non-hydrogen) atoms. The van der Waals surface area contributed by atoms with Gasteiger partial charge in [0.1, 0.15) is 35.8 Å². The third kappa shape index (κ3) is 10.1. The number of Topliss-reactive ketones (excluding diaryl/α,β-unsaturated/α-hetero) is 2. The second-order valence-electron chi connectivity index (χ2n) is 18.3. The van der Waals surface area contributed by atoms with E-state index in [0.717, 1.165) is 5.70 Å². The molecular weight excluding hydrogens is 824 g/mol. The summed E-state index contributed by atoms with van der Waals surface area (Å²) in [7, 11) is 3.35. The lowest BCUT2D eigenvalue weighted by Crippen LogP contribution is -2.60. The Kier molecular flexibility index (Phi) is 14.8. The number of benzene rings is 1. The fraction of sp³-hybridized carbons (Fsp3) is 0.705. The number of nitrogens with zero attached hydrogens (tertiary/aromatic N) is 3. The summed E-state index contributed by atoms with van der Waals surface area (Å²) in [5.41, 5.74) is 4.79. The number of methoxy groups -OCH3 is 1. The number of nitrogens with one attached hydrogen (secondary N) is 3. The lowest BCUT2D eigenvalue weighted by Gasteiger charge is -2.47. The van der Waals surface area contributed by atoms with Gasteiger partial charge in [-0.2, -0.15) is 0 Å². The standard InChI is InChI=1S/C44H65FN6O12/c1-11-33-44(8)37(46-41(56)63-44)25(4)34(52)23(2)19-43(7,58-10)38(26(5)35(53)27(6)39(55)61-33)62-40-36(54)32(17-24(3)59-40)49(9)16-15-29-20-50(48-47-29)21-31-22-51(42(57)60-31)30-14-12-13-28(45)18-30/h12-14,18,20,23-27,31-33,36-38,40,47-48,54H,11,15-17,19,21-22H2,1-10H3,(H,46,56)/t23-,24-,25-,26+,27-,31+,32+,33-,36-,37-,38-,40+,43-,44-/m1/s1. The third-order valence-corrected chi connectivity index (χ3v) is 13.6. The number of halogens is 1. The van der Waals surface area contributed by atoms with Gasteiger partial charge in [0.05, 0.1) is 42.6 Å². The summed E-state index contributed by atoms with van der Waals surface area (Å²) in [4.78, 5) is 70.9. The first kappa shape index (κ1) is 48.1.